The van der Waals surface area contributed by atoms with Crippen molar-refractivity contribution in [3.8, 4) is 0 Å². The summed E-state index contributed by atoms with van der Waals surface area (Å²) in [6.07, 6.45) is 6.47. The molecule has 0 spiro atoms. The second-order valence-electron chi connectivity index (χ2n) is 4.66. The summed E-state index contributed by atoms with van der Waals surface area (Å²) < 4.78 is 11.6. The first-order valence-electron chi connectivity index (χ1n) is 5.74. The van der Waals surface area contributed by atoms with Crippen LogP contribution in [0.15, 0.2) is 0 Å². The zero-order valence-corrected chi connectivity index (χ0v) is 10.2. The first-order valence-corrected chi connectivity index (χ1v) is 7.12. The molecular weight excluding hydrogens is 194 g/mol. The molecule has 2 unspecified atom stereocenters. The third-order valence-electron chi connectivity index (χ3n) is 3.14. The fourth-order valence-corrected chi connectivity index (χ4v) is 3.12. The number of rotatable bonds is 4. The average Bonchev–Trinajstić information content (AvgIpc) is 2.19. The Morgan fingerprint density at radius 1 is 1.29 bits per heavy atom. The zero-order valence-electron chi connectivity index (χ0n) is 9.37. The third-order valence-corrected chi connectivity index (χ3v) is 4.90. The van der Waals surface area contributed by atoms with Crippen molar-refractivity contribution >= 4 is 10.8 Å². The molecule has 0 amide bonds. The van der Waals surface area contributed by atoms with Crippen LogP contribution in [0.3, 0.4) is 0 Å². The van der Waals surface area contributed by atoms with Gasteiger partial charge in [0.2, 0.25) is 0 Å². The first kappa shape index (κ1) is 12.2. The van der Waals surface area contributed by atoms with Gasteiger partial charge in [-0.05, 0) is 18.8 Å². The van der Waals surface area contributed by atoms with E-state index in [9.17, 15) is 4.21 Å². The fraction of sp³-hybridized carbons (Fsp3) is 1.00. The summed E-state index contributed by atoms with van der Waals surface area (Å²) >= 11 is 0. The van der Waals surface area contributed by atoms with E-state index in [1.165, 1.54) is 32.1 Å². The van der Waals surface area contributed by atoms with Gasteiger partial charge in [-0.2, -0.15) is 0 Å². The Hall–Kier alpha value is 0.110. The lowest BCUT2D eigenvalue weighted by molar-refractivity contribution is 0.318. The number of hydrogen-bond donors (Lipinski definition) is 1. The molecule has 0 heterocycles. The summed E-state index contributed by atoms with van der Waals surface area (Å²) in [4.78, 5) is 0. The minimum atomic E-state index is -0.729. The lowest BCUT2D eigenvalue weighted by Crippen LogP contribution is -2.37. The molecule has 2 nitrogen and oxygen atoms in total. The summed E-state index contributed by atoms with van der Waals surface area (Å²) in [5, 5.41) is 0.254. The van der Waals surface area contributed by atoms with Crippen molar-refractivity contribution in [1.29, 1.82) is 0 Å². The predicted octanol–water partition coefficient (Wildman–Crippen LogP) is 2.05. The first-order chi connectivity index (χ1) is 6.61. The highest BCUT2D eigenvalue weighted by Crippen LogP contribution is 2.26. The molecule has 2 atom stereocenters. The molecule has 0 aliphatic heterocycles. The zero-order chi connectivity index (χ0) is 10.6. The normalized spacial score (nSPS) is 23.7. The summed E-state index contributed by atoms with van der Waals surface area (Å²) in [5.41, 5.74) is 6.09. The molecule has 3 heteroatoms. The van der Waals surface area contributed by atoms with Crippen LogP contribution in [0, 0.1) is 5.92 Å². The van der Waals surface area contributed by atoms with E-state index in [1.807, 2.05) is 13.8 Å². The summed E-state index contributed by atoms with van der Waals surface area (Å²) in [6.45, 7) is 4.01. The van der Waals surface area contributed by atoms with E-state index in [2.05, 4.69) is 0 Å². The third kappa shape index (κ3) is 3.70. The Morgan fingerprint density at radius 2 is 1.86 bits per heavy atom. The Morgan fingerprint density at radius 3 is 2.36 bits per heavy atom. The maximum Gasteiger partial charge on any atom is 0.0391 e. The van der Waals surface area contributed by atoms with Crippen LogP contribution in [-0.4, -0.2) is 21.3 Å². The Labute approximate surface area is 90.1 Å². The van der Waals surface area contributed by atoms with Crippen molar-refractivity contribution < 1.29 is 4.21 Å². The van der Waals surface area contributed by atoms with Gasteiger partial charge in [0.15, 0.2) is 0 Å². The van der Waals surface area contributed by atoms with Crippen molar-refractivity contribution in [3.05, 3.63) is 0 Å². The van der Waals surface area contributed by atoms with Gasteiger partial charge in [0.1, 0.15) is 0 Å². The van der Waals surface area contributed by atoms with Gasteiger partial charge in [0, 0.05) is 27.8 Å². The lowest BCUT2D eigenvalue weighted by atomic mass is 9.85. The summed E-state index contributed by atoms with van der Waals surface area (Å²) in [7, 11) is -0.729. The molecule has 0 radical (unpaired) electrons. The van der Waals surface area contributed by atoms with Gasteiger partial charge in [-0.3, -0.25) is 4.21 Å². The van der Waals surface area contributed by atoms with Crippen LogP contribution in [-0.2, 0) is 10.8 Å². The quantitative estimate of drug-likeness (QED) is 0.783. The number of nitrogens with two attached hydrogens (primary N) is 1. The Bertz CT molecular complexity index is 188. The van der Waals surface area contributed by atoms with E-state index in [0.29, 0.717) is 11.7 Å². The molecule has 2 N–H and O–H groups in total. The molecule has 14 heavy (non-hydrogen) atoms. The van der Waals surface area contributed by atoms with Gasteiger partial charge in [-0.15, -0.1) is 0 Å². The van der Waals surface area contributed by atoms with Crippen LogP contribution in [0.4, 0.5) is 0 Å². The van der Waals surface area contributed by atoms with Crippen LogP contribution < -0.4 is 5.73 Å². The highest BCUT2D eigenvalue weighted by Gasteiger charge is 2.22. The van der Waals surface area contributed by atoms with E-state index in [4.69, 9.17) is 5.73 Å². The summed E-state index contributed by atoms with van der Waals surface area (Å²) in [5.74, 6) is 1.33. The SMILES string of the molecule is CC(C)S(=O)CC(N)C1CCCCC1. The predicted molar refractivity (Wildman–Crippen MR) is 62.7 cm³/mol. The summed E-state index contributed by atoms with van der Waals surface area (Å²) in [6, 6.07) is 0.165. The smallest absolute Gasteiger partial charge is 0.0391 e. The monoisotopic (exact) mass is 217 g/mol. The van der Waals surface area contributed by atoms with E-state index < -0.39 is 10.8 Å². The fourth-order valence-electron chi connectivity index (χ4n) is 2.08. The average molecular weight is 217 g/mol. The van der Waals surface area contributed by atoms with Gasteiger partial charge >= 0.3 is 0 Å². The van der Waals surface area contributed by atoms with Gasteiger partial charge in [0.05, 0.1) is 0 Å². The van der Waals surface area contributed by atoms with Crippen LogP contribution in [0.1, 0.15) is 46.0 Å². The molecule has 1 fully saturated rings. The molecular formula is C11H23NOS. The Kier molecular flexibility index (Phi) is 5.10. The van der Waals surface area contributed by atoms with Gasteiger partial charge in [0.25, 0.3) is 0 Å². The molecule has 0 aromatic rings. The number of hydrogen-bond acceptors (Lipinski definition) is 2. The van der Waals surface area contributed by atoms with Gasteiger partial charge in [-0.25, -0.2) is 0 Å². The minimum Gasteiger partial charge on any atom is -0.327 e. The van der Waals surface area contributed by atoms with Crippen molar-refractivity contribution in [2.24, 2.45) is 11.7 Å². The molecule has 1 saturated carbocycles. The van der Waals surface area contributed by atoms with Crippen LogP contribution >= 0.6 is 0 Å². The highest BCUT2D eigenvalue weighted by atomic mass is 32.2. The van der Waals surface area contributed by atoms with E-state index in [-0.39, 0.29) is 11.3 Å². The molecule has 0 aromatic heterocycles. The molecule has 0 bridgehead atoms. The lowest BCUT2D eigenvalue weighted by Gasteiger charge is -2.27. The van der Waals surface area contributed by atoms with Crippen LogP contribution in [0.5, 0.6) is 0 Å². The van der Waals surface area contributed by atoms with Crippen LogP contribution in [0.25, 0.3) is 0 Å². The Balaban J connectivity index is 2.32. The van der Waals surface area contributed by atoms with E-state index in [0.717, 1.165) is 0 Å². The molecule has 1 aliphatic carbocycles. The largest absolute Gasteiger partial charge is 0.327 e. The minimum absolute atomic E-state index is 0.165. The van der Waals surface area contributed by atoms with Crippen molar-refractivity contribution in [3.63, 3.8) is 0 Å². The second-order valence-corrected chi connectivity index (χ2v) is 6.70. The maximum absolute atomic E-state index is 11.6. The topological polar surface area (TPSA) is 43.1 Å². The maximum atomic E-state index is 11.6. The highest BCUT2D eigenvalue weighted by molar-refractivity contribution is 7.85. The van der Waals surface area contributed by atoms with E-state index >= 15 is 0 Å². The van der Waals surface area contributed by atoms with Crippen molar-refractivity contribution in [1.82, 2.24) is 0 Å². The van der Waals surface area contributed by atoms with Gasteiger partial charge in [-0.1, -0.05) is 33.1 Å². The molecule has 1 rings (SSSR count). The molecule has 84 valence electrons. The molecule has 0 saturated heterocycles. The van der Waals surface area contributed by atoms with Crippen molar-refractivity contribution in [2.75, 3.05) is 5.75 Å². The van der Waals surface area contributed by atoms with Gasteiger partial charge < -0.3 is 5.73 Å². The molecule has 0 aromatic carbocycles. The van der Waals surface area contributed by atoms with Crippen molar-refractivity contribution in [2.45, 2.75) is 57.2 Å². The standard InChI is InChI=1S/C11H23NOS/c1-9(2)14(13)8-11(12)10-6-4-3-5-7-10/h9-11H,3-8,12H2,1-2H3. The molecule has 1 aliphatic rings. The van der Waals surface area contributed by atoms with Crippen LogP contribution in [0.2, 0.25) is 0 Å². The second kappa shape index (κ2) is 5.86. The van der Waals surface area contributed by atoms with E-state index in [1.54, 1.807) is 0 Å².